The average molecular weight is 371 g/mol. The summed E-state index contributed by atoms with van der Waals surface area (Å²) in [5.41, 5.74) is 4.20. The summed E-state index contributed by atoms with van der Waals surface area (Å²) in [7, 11) is 0. The molecule has 3 heterocycles. The van der Waals surface area contributed by atoms with Gasteiger partial charge in [0, 0.05) is 19.6 Å². The van der Waals surface area contributed by atoms with Crippen LogP contribution < -0.4 is 0 Å². The van der Waals surface area contributed by atoms with Crippen molar-refractivity contribution in [3.63, 3.8) is 0 Å². The lowest BCUT2D eigenvalue weighted by Crippen LogP contribution is -2.39. The van der Waals surface area contributed by atoms with E-state index in [0.29, 0.717) is 11.6 Å². The van der Waals surface area contributed by atoms with Gasteiger partial charge in [-0.2, -0.15) is 0 Å². The van der Waals surface area contributed by atoms with Crippen molar-refractivity contribution in [2.24, 2.45) is 5.92 Å². The zero-order valence-electron chi connectivity index (χ0n) is 15.5. The summed E-state index contributed by atoms with van der Waals surface area (Å²) in [6, 6.07) is 15.8. The molecule has 1 saturated heterocycles. The van der Waals surface area contributed by atoms with Crippen molar-refractivity contribution >= 4 is 28.0 Å². The SMILES string of the molecule is O=C(c1cnc2ccccc2n1)N1CCC(Cn2cnc3ccccc32)CC1. The van der Waals surface area contributed by atoms with Gasteiger partial charge in [0.25, 0.3) is 5.91 Å². The molecule has 0 saturated carbocycles. The fraction of sp³-hybridized carbons (Fsp3) is 0.273. The number of carbonyl (C=O) groups is 1. The van der Waals surface area contributed by atoms with Gasteiger partial charge in [0.15, 0.2) is 0 Å². The molecule has 4 aromatic rings. The summed E-state index contributed by atoms with van der Waals surface area (Å²) in [5, 5.41) is 0. The van der Waals surface area contributed by atoms with E-state index >= 15 is 0 Å². The lowest BCUT2D eigenvalue weighted by Gasteiger charge is -2.32. The maximum Gasteiger partial charge on any atom is 0.274 e. The Hall–Kier alpha value is -3.28. The summed E-state index contributed by atoms with van der Waals surface area (Å²) in [5.74, 6) is 0.522. The van der Waals surface area contributed by atoms with Crippen LogP contribution in [0.3, 0.4) is 0 Å². The van der Waals surface area contributed by atoms with Crippen molar-refractivity contribution in [1.82, 2.24) is 24.4 Å². The predicted molar refractivity (Wildman–Crippen MR) is 108 cm³/mol. The van der Waals surface area contributed by atoms with E-state index in [2.05, 4.69) is 25.6 Å². The van der Waals surface area contributed by atoms with E-state index in [1.54, 1.807) is 6.20 Å². The van der Waals surface area contributed by atoms with Gasteiger partial charge in [-0.25, -0.2) is 9.97 Å². The molecule has 1 fully saturated rings. The van der Waals surface area contributed by atoms with Crippen LogP contribution in [0.4, 0.5) is 0 Å². The van der Waals surface area contributed by atoms with Crippen molar-refractivity contribution in [3.05, 3.63) is 66.7 Å². The first kappa shape index (κ1) is 16.9. The molecule has 5 rings (SSSR count). The van der Waals surface area contributed by atoms with E-state index in [9.17, 15) is 4.79 Å². The molecule has 1 aliphatic heterocycles. The van der Waals surface area contributed by atoms with Crippen LogP contribution in [0.5, 0.6) is 0 Å². The third kappa shape index (κ3) is 3.11. The molecule has 1 amide bonds. The Bertz CT molecular complexity index is 1140. The van der Waals surface area contributed by atoms with Crippen LogP contribution in [0.1, 0.15) is 23.3 Å². The van der Waals surface area contributed by atoms with Gasteiger partial charge in [-0.1, -0.05) is 24.3 Å². The van der Waals surface area contributed by atoms with E-state index in [-0.39, 0.29) is 5.91 Å². The number of amides is 1. The quantitative estimate of drug-likeness (QED) is 0.553. The first-order chi connectivity index (χ1) is 13.8. The number of benzene rings is 2. The van der Waals surface area contributed by atoms with Crippen molar-refractivity contribution in [1.29, 1.82) is 0 Å². The minimum absolute atomic E-state index is 0.0233. The minimum Gasteiger partial charge on any atom is -0.337 e. The molecule has 2 aromatic heterocycles. The Labute approximate surface area is 162 Å². The number of likely N-dealkylation sites (tertiary alicyclic amines) is 1. The Morgan fingerprint density at radius 2 is 1.64 bits per heavy atom. The van der Waals surface area contributed by atoms with Gasteiger partial charge in [0.1, 0.15) is 5.69 Å². The number of piperidine rings is 1. The van der Waals surface area contributed by atoms with Crippen LogP contribution in [0.25, 0.3) is 22.1 Å². The van der Waals surface area contributed by atoms with Crippen LogP contribution in [-0.2, 0) is 6.54 Å². The topological polar surface area (TPSA) is 63.9 Å². The molecule has 6 heteroatoms. The Balaban J connectivity index is 1.25. The van der Waals surface area contributed by atoms with Crippen molar-refractivity contribution in [2.75, 3.05) is 13.1 Å². The smallest absolute Gasteiger partial charge is 0.274 e. The van der Waals surface area contributed by atoms with Crippen LogP contribution >= 0.6 is 0 Å². The number of imidazole rings is 1. The number of carbonyl (C=O) groups excluding carboxylic acids is 1. The fourth-order valence-electron chi connectivity index (χ4n) is 3.97. The molecule has 0 N–H and O–H groups in total. The molecule has 0 unspecified atom stereocenters. The maximum absolute atomic E-state index is 12.9. The number of hydrogen-bond acceptors (Lipinski definition) is 4. The third-order valence-corrected chi connectivity index (χ3v) is 5.55. The summed E-state index contributed by atoms with van der Waals surface area (Å²) in [6.07, 6.45) is 5.49. The first-order valence-corrected chi connectivity index (χ1v) is 9.69. The van der Waals surface area contributed by atoms with Gasteiger partial charge >= 0.3 is 0 Å². The highest BCUT2D eigenvalue weighted by molar-refractivity contribution is 5.93. The molecular formula is C22H21N5O. The van der Waals surface area contributed by atoms with Crippen LogP contribution in [0, 0.1) is 5.92 Å². The van der Waals surface area contributed by atoms with Gasteiger partial charge in [-0.05, 0) is 43.0 Å². The van der Waals surface area contributed by atoms with E-state index < -0.39 is 0 Å². The summed E-state index contributed by atoms with van der Waals surface area (Å²) in [6.45, 7) is 2.45. The molecule has 0 atom stereocenters. The molecule has 0 aliphatic carbocycles. The molecule has 0 bridgehead atoms. The lowest BCUT2D eigenvalue weighted by atomic mass is 9.96. The highest BCUT2D eigenvalue weighted by Gasteiger charge is 2.25. The molecule has 2 aromatic carbocycles. The molecule has 6 nitrogen and oxygen atoms in total. The molecule has 140 valence electrons. The third-order valence-electron chi connectivity index (χ3n) is 5.55. The Morgan fingerprint density at radius 1 is 0.929 bits per heavy atom. The monoisotopic (exact) mass is 371 g/mol. The van der Waals surface area contributed by atoms with Crippen LogP contribution in [0.15, 0.2) is 61.1 Å². The molecule has 0 spiro atoms. The van der Waals surface area contributed by atoms with Gasteiger partial charge < -0.3 is 9.47 Å². The Kier molecular flexibility index (Phi) is 4.24. The number of nitrogens with zero attached hydrogens (tertiary/aromatic N) is 5. The Morgan fingerprint density at radius 3 is 2.46 bits per heavy atom. The zero-order valence-corrected chi connectivity index (χ0v) is 15.5. The van der Waals surface area contributed by atoms with E-state index in [1.807, 2.05) is 53.7 Å². The first-order valence-electron chi connectivity index (χ1n) is 9.69. The van der Waals surface area contributed by atoms with E-state index in [0.717, 1.165) is 49.0 Å². The second-order valence-corrected chi connectivity index (χ2v) is 7.37. The normalized spacial score (nSPS) is 15.4. The van der Waals surface area contributed by atoms with Crippen molar-refractivity contribution in [3.8, 4) is 0 Å². The molecule has 28 heavy (non-hydrogen) atoms. The van der Waals surface area contributed by atoms with Crippen molar-refractivity contribution in [2.45, 2.75) is 19.4 Å². The molecule has 0 radical (unpaired) electrons. The zero-order chi connectivity index (χ0) is 18.9. The van der Waals surface area contributed by atoms with E-state index in [4.69, 9.17) is 0 Å². The van der Waals surface area contributed by atoms with Crippen molar-refractivity contribution < 1.29 is 4.79 Å². The molecule has 1 aliphatic rings. The maximum atomic E-state index is 12.9. The standard InChI is InChI=1S/C22H21N5O/c28-22(20-13-23-17-5-1-2-6-18(17)25-20)26-11-9-16(10-12-26)14-27-15-24-19-7-3-4-8-21(19)27/h1-8,13,15-16H,9-12,14H2. The minimum atomic E-state index is -0.0233. The van der Waals surface area contributed by atoms with Crippen LogP contribution in [-0.4, -0.2) is 43.4 Å². The number of rotatable bonds is 3. The summed E-state index contributed by atoms with van der Waals surface area (Å²) in [4.78, 5) is 28.1. The number of hydrogen-bond donors (Lipinski definition) is 0. The summed E-state index contributed by atoms with van der Waals surface area (Å²) >= 11 is 0. The largest absolute Gasteiger partial charge is 0.337 e. The highest BCUT2D eigenvalue weighted by Crippen LogP contribution is 2.23. The number of aromatic nitrogens is 4. The predicted octanol–water partition coefficient (Wildman–Crippen LogP) is 3.53. The second-order valence-electron chi connectivity index (χ2n) is 7.37. The molecular weight excluding hydrogens is 350 g/mol. The van der Waals surface area contributed by atoms with Crippen LogP contribution in [0.2, 0.25) is 0 Å². The average Bonchev–Trinajstić information content (AvgIpc) is 3.16. The summed E-state index contributed by atoms with van der Waals surface area (Å²) < 4.78 is 2.23. The van der Waals surface area contributed by atoms with E-state index in [1.165, 1.54) is 5.52 Å². The number of fused-ring (bicyclic) bond motifs is 2. The lowest BCUT2D eigenvalue weighted by molar-refractivity contribution is 0.0677. The van der Waals surface area contributed by atoms with Gasteiger partial charge in [-0.15, -0.1) is 0 Å². The van der Waals surface area contributed by atoms with Gasteiger partial charge in [-0.3, -0.25) is 9.78 Å². The second kappa shape index (κ2) is 7.03. The van der Waals surface area contributed by atoms with Gasteiger partial charge in [0.2, 0.25) is 0 Å². The van der Waals surface area contributed by atoms with Gasteiger partial charge in [0.05, 0.1) is 34.6 Å². The fourth-order valence-corrected chi connectivity index (χ4v) is 3.97. The number of para-hydroxylation sites is 4. The highest BCUT2D eigenvalue weighted by atomic mass is 16.2.